The molecule has 10 heteroatoms. The van der Waals surface area contributed by atoms with E-state index in [0.717, 1.165) is 16.5 Å². The van der Waals surface area contributed by atoms with Crippen LogP contribution in [0.3, 0.4) is 0 Å². The number of rotatable bonds is 6. The third-order valence-electron chi connectivity index (χ3n) is 4.65. The lowest BCUT2D eigenvalue weighted by molar-refractivity contribution is -0.384. The molecule has 0 bridgehead atoms. The largest absolute Gasteiger partial charge is 0.271 e. The van der Waals surface area contributed by atoms with Crippen LogP contribution in [-0.4, -0.2) is 26.4 Å². The number of nitrogens with one attached hydrogen (secondary N) is 1. The van der Waals surface area contributed by atoms with E-state index in [1.165, 1.54) is 40.6 Å². The van der Waals surface area contributed by atoms with Gasteiger partial charge in [0.2, 0.25) is 0 Å². The van der Waals surface area contributed by atoms with Crippen molar-refractivity contribution < 1.29 is 9.72 Å². The molecule has 2 aromatic carbocycles. The predicted octanol–water partition coefficient (Wildman–Crippen LogP) is 3.83. The molecule has 2 aromatic heterocycles. The summed E-state index contributed by atoms with van der Waals surface area (Å²) in [6, 6.07) is 18.3. The van der Waals surface area contributed by atoms with Gasteiger partial charge >= 0.3 is 0 Å². The third kappa shape index (κ3) is 4.96. The number of fused-ring (bicyclic) bond motifs is 1. The van der Waals surface area contributed by atoms with Gasteiger partial charge in [0.25, 0.3) is 17.2 Å². The first kappa shape index (κ1) is 21.9. The highest BCUT2D eigenvalue weighted by molar-refractivity contribution is 7.99. The highest BCUT2D eigenvalue weighted by atomic mass is 32.2. The Bertz CT molecular complexity index is 1450. The molecule has 0 saturated heterocycles. The lowest BCUT2D eigenvalue weighted by Gasteiger charge is -2.08. The highest BCUT2D eigenvalue weighted by Crippen LogP contribution is 2.27. The van der Waals surface area contributed by atoms with Crippen LogP contribution in [0.15, 0.2) is 92.7 Å². The summed E-state index contributed by atoms with van der Waals surface area (Å²) in [5.74, 6) is -0.642. The van der Waals surface area contributed by atoms with Crippen LogP contribution in [0.2, 0.25) is 0 Å². The van der Waals surface area contributed by atoms with Crippen molar-refractivity contribution in [1.82, 2.24) is 14.8 Å². The summed E-state index contributed by atoms with van der Waals surface area (Å²) in [6.45, 7) is 1.98. The van der Waals surface area contributed by atoms with Gasteiger partial charge in [0.15, 0.2) is 0 Å². The van der Waals surface area contributed by atoms with Crippen LogP contribution in [0.25, 0.3) is 5.65 Å². The molecule has 1 N–H and O–H groups in total. The van der Waals surface area contributed by atoms with E-state index in [1.54, 1.807) is 24.4 Å². The fourth-order valence-corrected chi connectivity index (χ4v) is 3.85. The van der Waals surface area contributed by atoms with Crippen LogP contribution in [0.4, 0.5) is 5.69 Å². The van der Waals surface area contributed by atoms with E-state index >= 15 is 0 Å². The molecule has 0 aliphatic heterocycles. The van der Waals surface area contributed by atoms with Crippen LogP contribution >= 0.6 is 11.8 Å². The van der Waals surface area contributed by atoms with Crippen molar-refractivity contribution in [3.05, 3.63) is 110 Å². The van der Waals surface area contributed by atoms with Crippen molar-refractivity contribution in [1.29, 1.82) is 0 Å². The molecule has 9 nitrogen and oxygen atoms in total. The number of nitro benzene ring substituents is 1. The van der Waals surface area contributed by atoms with Crippen LogP contribution < -0.4 is 11.0 Å². The topological polar surface area (TPSA) is 119 Å². The molecular formula is C23H17N5O4S. The van der Waals surface area contributed by atoms with E-state index in [9.17, 15) is 19.7 Å². The Hall–Kier alpha value is -4.31. The van der Waals surface area contributed by atoms with Gasteiger partial charge in [0.05, 0.1) is 16.7 Å². The minimum atomic E-state index is -0.642. The summed E-state index contributed by atoms with van der Waals surface area (Å²) in [5.41, 5.74) is 3.62. The number of nitro groups is 1. The molecular weight excluding hydrogens is 442 g/mol. The number of nitrogens with zero attached hydrogens (tertiary/aromatic N) is 4. The molecule has 0 saturated carbocycles. The first-order valence-electron chi connectivity index (χ1n) is 9.76. The monoisotopic (exact) mass is 459 g/mol. The minimum Gasteiger partial charge on any atom is -0.268 e. The van der Waals surface area contributed by atoms with Gasteiger partial charge in [-0.25, -0.2) is 10.4 Å². The second-order valence-electron chi connectivity index (χ2n) is 6.99. The molecule has 4 rings (SSSR count). The van der Waals surface area contributed by atoms with E-state index in [1.807, 2.05) is 31.2 Å². The first-order valence-corrected chi connectivity index (χ1v) is 10.6. The number of hydrogen-bond donors (Lipinski definition) is 1. The lowest BCUT2D eigenvalue weighted by atomic mass is 10.2. The van der Waals surface area contributed by atoms with Crippen LogP contribution in [0.5, 0.6) is 0 Å². The van der Waals surface area contributed by atoms with Crippen molar-refractivity contribution in [3.63, 3.8) is 0 Å². The third-order valence-corrected chi connectivity index (χ3v) is 5.66. The molecule has 164 valence electrons. The maximum absolute atomic E-state index is 13.1. The van der Waals surface area contributed by atoms with E-state index in [0.29, 0.717) is 10.7 Å². The summed E-state index contributed by atoms with van der Waals surface area (Å²) in [7, 11) is 0. The zero-order chi connectivity index (χ0) is 23.4. The molecule has 0 fully saturated rings. The highest BCUT2D eigenvalue weighted by Gasteiger charge is 2.14. The molecule has 4 aromatic rings. The zero-order valence-electron chi connectivity index (χ0n) is 17.3. The number of carbonyl (C=O) groups excluding carboxylic acids is 1. The van der Waals surface area contributed by atoms with Crippen LogP contribution in [0, 0.1) is 17.0 Å². The molecule has 1 amide bonds. The van der Waals surface area contributed by atoms with E-state index in [2.05, 4.69) is 15.5 Å². The average Bonchev–Trinajstić information content (AvgIpc) is 2.82. The predicted molar refractivity (Wildman–Crippen MR) is 125 cm³/mol. The number of pyridine rings is 1. The number of carbonyl (C=O) groups is 1. The Labute approximate surface area is 192 Å². The first-order chi connectivity index (χ1) is 15.9. The van der Waals surface area contributed by atoms with Crippen molar-refractivity contribution in [2.45, 2.75) is 16.8 Å². The fraction of sp³-hybridized carbons (Fsp3) is 0.0435. The Kier molecular flexibility index (Phi) is 6.27. The van der Waals surface area contributed by atoms with Crippen molar-refractivity contribution in [2.75, 3.05) is 0 Å². The van der Waals surface area contributed by atoms with Crippen molar-refractivity contribution in [2.24, 2.45) is 5.10 Å². The molecule has 33 heavy (non-hydrogen) atoms. The quantitative estimate of drug-likeness (QED) is 0.203. The second-order valence-corrected chi connectivity index (χ2v) is 8.05. The standard InChI is InChI=1S/C23H17N5O4S/c1-15-8-10-18(11-9-15)33-22-19(23(30)27-12-3-2-7-20(27)25-22)14-24-26-21(29)16-5-4-6-17(13-16)28(31)32/h2-14H,1H3,(H,26,29)/b24-14+. The van der Waals surface area contributed by atoms with Gasteiger partial charge < -0.3 is 0 Å². The average molecular weight is 459 g/mol. The van der Waals surface area contributed by atoms with Crippen molar-refractivity contribution in [3.8, 4) is 0 Å². The number of aryl methyl sites for hydroxylation is 1. The molecule has 0 radical (unpaired) electrons. The second kappa shape index (κ2) is 9.45. The van der Waals surface area contributed by atoms with Gasteiger partial charge in [0.1, 0.15) is 10.7 Å². The van der Waals surface area contributed by atoms with Crippen LogP contribution in [0.1, 0.15) is 21.5 Å². The van der Waals surface area contributed by atoms with E-state index in [-0.39, 0.29) is 22.4 Å². The maximum atomic E-state index is 13.1. The summed E-state index contributed by atoms with van der Waals surface area (Å²) in [4.78, 5) is 41.3. The lowest BCUT2D eigenvalue weighted by Crippen LogP contribution is -2.23. The van der Waals surface area contributed by atoms with Crippen LogP contribution in [-0.2, 0) is 0 Å². The molecule has 0 aliphatic rings. The van der Waals surface area contributed by atoms with Crippen molar-refractivity contribution >= 4 is 35.2 Å². The summed E-state index contributed by atoms with van der Waals surface area (Å²) < 4.78 is 1.39. The minimum absolute atomic E-state index is 0.0731. The molecule has 0 unspecified atom stereocenters. The number of amides is 1. The Balaban J connectivity index is 1.66. The number of benzene rings is 2. The normalized spacial score (nSPS) is 11.1. The summed E-state index contributed by atoms with van der Waals surface area (Å²) in [6.07, 6.45) is 2.84. The zero-order valence-corrected chi connectivity index (χ0v) is 18.2. The smallest absolute Gasteiger partial charge is 0.268 e. The number of non-ortho nitro benzene ring substituents is 1. The van der Waals surface area contributed by atoms with Gasteiger partial charge in [-0.15, -0.1) is 0 Å². The number of aromatic nitrogens is 2. The van der Waals surface area contributed by atoms with Gasteiger partial charge in [-0.1, -0.05) is 41.6 Å². The molecule has 0 atom stereocenters. The van der Waals surface area contributed by atoms with Gasteiger partial charge in [-0.2, -0.15) is 5.10 Å². The fourth-order valence-electron chi connectivity index (χ4n) is 2.97. The Morgan fingerprint density at radius 2 is 1.94 bits per heavy atom. The summed E-state index contributed by atoms with van der Waals surface area (Å²) in [5, 5.41) is 15.3. The van der Waals surface area contributed by atoms with Gasteiger partial charge in [-0.05, 0) is 37.3 Å². The Morgan fingerprint density at radius 3 is 2.70 bits per heavy atom. The van der Waals surface area contributed by atoms with Gasteiger partial charge in [-0.3, -0.25) is 24.1 Å². The SMILES string of the molecule is Cc1ccc(Sc2nc3ccccn3c(=O)c2/C=N/NC(=O)c2cccc([N+](=O)[O-])c2)cc1. The number of hydrazone groups is 1. The molecule has 2 heterocycles. The Morgan fingerprint density at radius 1 is 1.15 bits per heavy atom. The van der Waals surface area contributed by atoms with Gasteiger partial charge in [0, 0.05) is 28.8 Å². The summed E-state index contributed by atoms with van der Waals surface area (Å²) >= 11 is 1.31. The van der Waals surface area contributed by atoms with E-state index in [4.69, 9.17) is 0 Å². The molecule has 0 aliphatic carbocycles. The number of hydrogen-bond acceptors (Lipinski definition) is 7. The molecule has 0 spiro atoms. The van der Waals surface area contributed by atoms with E-state index < -0.39 is 10.8 Å². The maximum Gasteiger partial charge on any atom is 0.271 e.